The Morgan fingerprint density at radius 1 is 1.26 bits per heavy atom. The van der Waals surface area contributed by atoms with Crippen LogP contribution in [0.25, 0.3) is 11.2 Å². The van der Waals surface area contributed by atoms with Crippen LogP contribution in [0.3, 0.4) is 0 Å². The monoisotopic (exact) mass is 313 g/mol. The molecule has 2 aliphatic rings. The van der Waals surface area contributed by atoms with E-state index in [2.05, 4.69) is 32.9 Å². The minimum absolute atomic E-state index is 0.549. The number of nitrogens with zero attached hydrogens (tertiary/aromatic N) is 4. The summed E-state index contributed by atoms with van der Waals surface area (Å²) in [4.78, 5) is 12.1. The van der Waals surface area contributed by atoms with Crippen molar-refractivity contribution >= 4 is 11.2 Å². The van der Waals surface area contributed by atoms with Gasteiger partial charge in [0.25, 0.3) is 0 Å². The van der Waals surface area contributed by atoms with Crippen LogP contribution in [-0.2, 0) is 6.42 Å². The molecule has 0 aliphatic carbocycles. The summed E-state index contributed by atoms with van der Waals surface area (Å²) < 4.78 is 2.46. The van der Waals surface area contributed by atoms with Crippen LogP contribution in [-0.4, -0.2) is 52.7 Å². The first-order valence-corrected chi connectivity index (χ1v) is 9.02. The molecule has 2 aromatic rings. The van der Waals surface area contributed by atoms with E-state index in [1.165, 1.54) is 44.6 Å². The third-order valence-electron chi connectivity index (χ3n) is 5.39. The number of hydrogen-bond acceptors (Lipinski definition) is 4. The molecule has 23 heavy (non-hydrogen) atoms. The molecule has 1 atom stereocenters. The lowest BCUT2D eigenvalue weighted by atomic mass is 9.94. The third kappa shape index (κ3) is 3.12. The number of rotatable bonds is 3. The summed E-state index contributed by atoms with van der Waals surface area (Å²) in [6.45, 7) is 4.64. The lowest BCUT2D eigenvalue weighted by molar-refractivity contribution is 0.205. The van der Waals surface area contributed by atoms with E-state index in [0.29, 0.717) is 6.04 Å². The highest BCUT2D eigenvalue weighted by atomic mass is 15.2. The van der Waals surface area contributed by atoms with E-state index in [1.807, 2.05) is 12.3 Å². The molecule has 0 amide bonds. The molecule has 4 rings (SSSR count). The van der Waals surface area contributed by atoms with E-state index < -0.39 is 0 Å². The molecule has 0 radical (unpaired) electrons. The summed E-state index contributed by atoms with van der Waals surface area (Å²) in [7, 11) is 2.24. The van der Waals surface area contributed by atoms with Crippen molar-refractivity contribution in [3.63, 3.8) is 0 Å². The molecular weight excluding hydrogens is 286 g/mol. The van der Waals surface area contributed by atoms with E-state index >= 15 is 0 Å². The van der Waals surface area contributed by atoms with Crippen molar-refractivity contribution in [1.82, 2.24) is 24.8 Å². The second-order valence-electron chi connectivity index (χ2n) is 7.20. The summed E-state index contributed by atoms with van der Waals surface area (Å²) in [5.74, 6) is 1.98. The number of pyridine rings is 1. The summed E-state index contributed by atoms with van der Waals surface area (Å²) in [5, 5.41) is 3.47. The van der Waals surface area contributed by atoms with Gasteiger partial charge in [-0.1, -0.05) is 0 Å². The Morgan fingerprint density at radius 3 is 2.96 bits per heavy atom. The van der Waals surface area contributed by atoms with Crippen LogP contribution < -0.4 is 5.32 Å². The largest absolute Gasteiger partial charge is 0.317 e. The van der Waals surface area contributed by atoms with Crippen molar-refractivity contribution in [2.24, 2.45) is 5.92 Å². The van der Waals surface area contributed by atoms with Crippen LogP contribution in [0.1, 0.15) is 37.5 Å². The number of piperidine rings is 2. The zero-order valence-corrected chi connectivity index (χ0v) is 14.0. The topological polar surface area (TPSA) is 46.0 Å². The second-order valence-corrected chi connectivity index (χ2v) is 7.20. The van der Waals surface area contributed by atoms with Gasteiger partial charge in [-0.25, -0.2) is 9.97 Å². The fraction of sp³-hybridized carbons (Fsp3) is 0.667. The molecule has 2 saturated heterocycles. The average molecular weight is 313 g/mol. The van der Waals surface area contributed by atoms with Gasteiger partial charge in [-0.15, -0.1) is 0 Å². The number of fused-ring (bicyclic) bond motifs is 1. The van der Waals surface area contributed by atoms with Gasteiger partial charge >= 0.3 is 0 Å². The summed E-state index contributed by atoms with van der Waals surface area (Å²) in [6, 6.07) is 4.66. The highest BCUT2D eigenvalue weighted by molar-refractivity contribution is 5.71. The molecule has 2 aliphatic heterocycles. The normalized spacial score (nSPS) is 24.3. The van der Waals surface area contributed by atoms with Crippen LogP contribution in [0.2, 0.25) is 0 Å². The second kappa shape index (κ2) is 6.57. The molecule has 1 N–H and O–H groups in total. The number of nitrogens with one attached hydrogen (secondary N) is 1. The Hall–Kier alpha value is -1.46. The Kier molecular flexibility index (Phi) is 4.31. The SMILES string of the molecule is CN1CCCC(Cc2nc3cccnc3n2C2CCNCC2)C1. The molecule has 5 nitrogen and oxygen atoms in total. The van der Waals surface area contributed by atoms with Crippen molar-refractivity contribution in [3.05, 3.63) is 24.2 Å². The maximum Gasteiger partial charge on any atom is 0.160 e. The van der Waals surface area contributed by atoms with Gasteiger partial charge in [0.1, 0.15) is 11.3 Å². The van der Waals surface area contributed by atoms with E-state index in [-0.39, 0.29) is 0 Å². The summed E-state index contributed by atoms with van der Waals surface area (Å²) >= 11 is 0. The number of aromatic nitrogens is 3. The maximum atomic E-state index is 4.97. The van der Waals surface area contributed by atoms with Crippen LogP contribution in [0.15, 0.2) is 18.3 Å². The Morgan fingerprint density at radius 2 is 2.13 bits per heavy atom. The van der Waals surface area contributed by atoms with Gasteiger partial charge in [0, 0.05) is 25.2 Å². The molecule has 1 unspecified atom stereocenters. The minimum atomic E-state index is 0.549. The molecule has 0 spiro atoms. The maximum absolute atomic E-state index is 4.97. The average Bonchev–Trinajstić information content (AvgIpc) is 2.93. The Bertz CT molecular complexity index is 658. The third-order valence-corrected chi connectivity index (χ3v) is 5.39. The Balaban J connectivity index is 1.67. The molecule has 4 heterocycles. The molecule has 2 fully saturated rings. The van der Waals surface area contributed by atoms with Gasteiger partial charge in [-0.2, -0.15) is 0 Å². The zero-order chi connectivity index (χ0) is 15.6. The fourth-order valence-electron chi connectivity index (χ4n) is 4.27. The zero-order valence-electron chi connectivity index (χ0n) is 14.0. The van der Waals surface area contributed by atoms with Gasteiger partial charge in [0.2, 0.25) is 0 Å². The highest BCUT2D eigenvalue weighted by Crippen LogP contribution is 2.28. The van der Waals surface area contributed by atoms with Crippen molar-refractivity contribution in [2.45, 2.75) is 38.1 Å². The standard InChI is InChI=1S/C18H27N5/c1-22-11-3-4-14(13-22)12-17-21-16-5-2-8-20-18(16)23(17)15-6-9-19-10-7-15/h2,5,8,14-15,19H,3-4,6-7,9-13H2,1H3. The minimum Gasteiger partial charge on any atom is -0.317 e. The predicted octanol–water partition coefficient (Wildman–Crippen LogP) is 2.24. The van der Waals surface area contributed by atoms with Gasteiger partial charge < -0.3 is 14.8 Å². The van der Waals surface area contributed by atoms with Crippen molar-refractivity contribution < 1.29 is 0 Å². The first-order chi connectivity index (χ1) is 11.3. The van der Waals surface area contributed by atoms with Crippen LogP contribution in [0.5, 0.6) is 0 Å². The smallest absolute Gasteiger partial charge is 0.160 e. The number of imidazole rings is 1. The molecular formula is C18H27N5. The molecule has 5 heteroatoms. The van der Waals surface area contributed by atoms with E-state index in [9.17, 15) is 0 Å². The van der Waals surface area contributed by atoms with Crippen LogP contribution >= 0.6 is 0 Å². The number of hydrogen-bond donors (Lipinski definition) is 1. The van der Waals surface area contributed by atoms with E-state index in [1.54, 1.807) is 0 Å². The number of likely N-dealkylation sites (tertiary alicyclic amines) is 1. The lowest BCUT2D eigenvalue weighted by Crippen LogP contribution is -2.34. The van der Waals surface area contributed by atoms with Gasteiger partial charge in [0.15, 0.2) is 5.65 Å². The first kappa shape index (κ1) is 15.1. The molecule has 0 aromatic carbocycles. The summed E-state index contributed by atoms with van der Waals surface area (Å²) in [6.07, 6.45) is 7.99. The van der Waals surface area contributed by atoms with Crippen LogP contribution in [0.4, 0.5) is 0 Å². The quantitative estimate of drug-likeness (QED) is 0.944. The first-order valence-electron chi connectivity index (χ1n) is 9.02. The predicted molar refractivity (Wildman–Crippen MR) is 92.6 cm³/mol. The molecule has 124 valence electrons. The molecule has 2 aromatic heterocycles. The molecule has 0 bridgehead atoms. The van der Waals surface area contributed by atoms with E-state index in [4.69, 9.17) is 4.98 Å². The van der Waals surface area contributed by atoms with Crippen molar-refractivity contribution in [1.29, 1.82) is 0 Å². The van der Waals surface area contributed by atoms with E-state index in [0.717, 1.165) is 36.6 Å². The van der Waals surface area contributed by atoms with Crippen molar-refractivity contribution in [2.75, 3.05) is 33.2 Å². The summed E-state index contributed by atoms with van der Waals surface area (Å²) in [5.41, 5.74) is 2.14. The van der Waals surface area contributed by atoms with Gasteiger partial charge in [-0.3, -0.25) is 0 Å². The fourth-order valence-corrected chi connectivity index (χ4v) is 4.27. The van der Waals surface area contributed by atoms with Crippen LogP contribution in [0, 0.1) is 5.92 Å². The highest BCUT2D eigenvalue weighted by Gasteiger charge is 2.25. The lowest BCUT2D eigenvalue weighted by Gasteiger charge is -2.31. The van der Waals surface area contributed by atoms with Gasteiger partial charge in [0.05, 0.1) is 0 Å². The Labute approximate surface area is 138 Å². The van der Waals surface area contributed by atoms with Crippen molar-refractivity contribution in [3.8, 4) is 0 Å². The molecule has 0 saturated carbocycles. The van der Waals surface area contributed by atoms with Gasteiger partial charge in [-0.05, 0) is 70.4 Å².